The van der Waals surface area contributed by atoms with E-state index in [2.05, 4.69) is 0 Å². The third-order valence-electron chi connectivity index (χ3n) is 6.40. The van der Waals surface area contributed by atoms with Crippen molar-refractivity contribution in [3.05, 3.63) is 0 Å². The van der Waals surface area contributed by atoms with Crippen molar-refractivity contribution in [1.82, 2.24) is 9.80 Å². The zero-order valence-corrected chi connectivity index (χ0v) is 14.5. The summed E-state index contributed by atoms with van der Waals surface area (Å²) in [5.74, 6) is -0.614. The Balaban J connectivity index is 1.52. The second-order valence-electron chi connectivity index (χ2n) is 8.30. The highest BCUT2D eigenvalue weighted by Crippen LogP contribution is 2.44. The smallest absolute Gasteiger partial charge is 0.312 e. The second kappa shape index (κ2) is 6.42. The molecule has 1 saturated carbocycles. The van der Waals surface area contributed by atoms with Crippen molar-refractivity contribution < 1.29 is 9.59 Å². The van der Waals surface area contributed by atoms with E-state index in [1.807, 2.05) is 6.92 Å². The number of carbonyl (C=O) groups excluding carboxylic acids is 2. The molecule has 3 fully saturated rings. The minimum absolute atomic E-state index is 0.196. The Morgan fingerprint density at radius 2 is 1.17 bits per heavy atom. The van der Waals surface area contributed by atoms with E-state index in [1.54, 1.807) is 9.80 Å². The Labute approximate surface area is 139 Å². The molecule has 2 aliphatic heterocycles. The molecule has 3 aliphatic rings. The summed E-state index contributed by atoms with van der Waals surface area (Å²) < 4.78 is 0. The number of likely N-dealkylation sites (tertiary alicyclic amines) is 2. The van der Waals surface area contributed by atoms with E-state index in [9.17, 15) is 9.59 Å². The maximum Gasteiger partial charge on any atom is 0.312 e. The average Bonchev–Trinajstić information content (AvgIpc) is 2.55. The van der Waals surface area contributed by atoms with Gasteiger partial charge in [0.15, 0.2) is 0 Å². The molecular formula is C18H31N3O2. The minimum atomic E-state index is -0.319. The monoisotopic (exact) mass is 321 g/mol. The van der Waals surface area contributed by atoms with E-state index in [0.717, 1.165) is 38.8 Å². The standard InChI is InChI=1S/C18H31N3O2/c1-17(19)7-11-20(12-8-17)15(22)16(23)21-13-9-18(10-14-21)5-3-2-4-6-18/h2-14,19H2,1H3. The minimum Gasteiger partial charge on any atom is -0.334 e. The number of hydrogen-bond donors (Lipinski definition) is 1. The zero-order valence-electron chi connectivity index (χ0n) is 14.5. The van der Waals surface area contributed by atoms with Gasteiger partial charge in [-0.05, 0) is 50.9 Å². The van der Waals surface area contributed by atoms with E-state index >= 15 is 0 Å². The van der Waals surface area contributed by atoms with E-state index < -0.39 is 0 Å². The van der Waals surface area contributed by atoms with Gasteiger partial charge in [-0.15, -0.1) is 0 Å². The maximum atomic E-state index is 12.5. The SMILES string of the molecule is CC1(N)CCN(C(=O)C(=O)N2CCC3(CCCCC3)CC2)CC1. The Morgan fingerprint density at radius 1 is 0.739 bits per heavy atom. The summed E-state index contributed by atoms with van der Waals surface area (Å²) in [6, 6.07) is 0. The van der Waals surface area contributed by atoms with Crippen LogP contribution in [0.25, 0.3) is 0 Å². The van der Waals surface area contributed by atoms with Crippen LogP contribution in [0.1, 0.15) is 64.7 Å². The van der Waals surface area contributed by atoms with Crippen molar-refractivity contribution in [2.24, 2.45) is 11.1 Å². The van der Waals surface area contributed by atoms with Gasteiger partial charge in [0.1, 0.15) is 0 Å². The molecule has 2 amide bonds. The highest BCUT2D eigenvalue weighted by molar-refractivity contribution is 6.34. The van der Waals surface area contributed by atoms with Crippen LogP contribution < -0.4 is 5.73 Å². The van der Waals surface area contributed by atoms with E-state index in [1.165, 1.54) is 32.1 Å². The van der Waals surface area contributed by atoms with Crippen LogP contribution in [0.5, 0.6) is 0 Å². The van der Waals surface area contributed by atoms with Gasteiger partial charge < -0.3 is 15.5 Å². The summed E-state index contributed by atoms with van der Waals surface area (Å²) >= 11 is 0. The number of hydrogen-bond acceptors (Lipinski definition) is 3. The maximum absolute atomic E-state index is 12.5. The average molecular weight is 321 g/mol. The molecule has 0 aromatic carbocycles. The van der Waals surface area contributed by atoms with Crippen LogP contribution in [0.4, 0.5) is 0 Å². The van der Waals surface area contributed by atoms with Gasteiger partial charge >= 0.3 is 11.8 Å². The summed E-state index contributed by atoms with van der Waals surface area (Å²) in [7, 11) is 0. The normalized spacial score (nSPS) is 27.0. The molecule has 1 spiro atoms. The fourth-order valence-electron chi connectivity index (χ4n) is 4.48. The fraction of sp³-hybridized carbons (Fsp3) is 0.889. The molecule has 130 valence electrons. The number of nitrogens with zero attached hydrogens (tertiary/aromatic N) is 2. The first-order valence-corrected chi connectivity index (χ1v) is 9.28. The molecule has 1 aliphatic carbocycles. The van der Waals surface area contributed by atoms with Crippen molar-refractivity contribution in [2.45, 2.75) is 70.3 Å². The van der Waals surface area contributed by atoms with Gasteiger partial charge in [-0.2, -0.15) is 0 Å². The van der Waals surface area contributed by atoms with Crippen molar-refractivity contribution >= 4 is 11.8 Å². The van der Waals surface area contributed by atoms with Crippen LogP contribution in [0.3, 0.4) is 0 Å². The van der Waals surface area contributed by atoms with Crippen LogP contribution in [-0.2, 0) is 9.59 Å². The van der Waals surface area contributed by atoms with Gasteiger partial charge in [0.25, 0.3) is 0 Å². The van der Waals surface area contributed by atoms with Crippen LogP contribution in [0, 0.1) is 5.41 Å². The van der Waals surface area contributed by atoms with Crippen LogP contribution in [0.15, 0.2) is 0 Å². The van der Waals surface area contributed by atoms with Crippen molar-refractivity contribution in [1.29, 1.82) is 0 Å². The Bertz CT molecular complexity index is 449. The first-order chi connectivity index (χ1) is 10.9. The van der Waals surface area contributed by atoms with Crippen LogP contribution >= 0.6 is 0 Å². The summed E-state index contributed by atoms with van der Waals surface area (Å²) in [5.41, 5.74) is 6.37. The van der Waals surface area contributed by atoms with Gasteiger partial charge in [0.05, 0.1) is 0 Å². The van der Waals surface area contributed by atoms with Gasteiger partial charge in [-0.25, -0.2) is 0 Å². The van der Waals surface area contributed by atoms with Crippen molar-refractivity contribution in [2.75, 3.05) is 26.2 Å². The first kappa shape index (κ1) is 16.7. The molecule has 0 unspecified atom stereocenters. The largest absolute Gasteiger partial charge is 0.334 e. The molecule has 0 aromatic heterocycles. The van der Waals surface area contributed by atoms with E-state index in [4.69, 9.17) is 5.73 Å². The first-order valence-electron chi connectivity index (χ1n) is 9.28. The molecule has 3 rings (SSSR count). The number of carbonyl (C=O) groups is 2. The topological polar surface area (TPSA) is 66.6 Å². The zero-order chi connectivity index (χ0) is 16.5. The summed E-state index contributed by atoms with van der Waals surface area (Å²) in [4.78, 5) is 28.5. The lowest BCUT2D eigenvalue weighted by atomic mass is 9.68. The van der Waals surface area contributed by atoms with Crippen LogP contribution in [0.2, 0.25) is 0 Å². The molecule has 0 atom stereocenters. The Morgan fingerprint density at radius 3 is 1.65 bits per heavy atom. The van der Waals surface area contributed by atoms with Crippen molar-refractivity contribution in [3.8, 4) is 0 Å². The molecule has 5 heteroatoms. The summed E-state index contributed by atoms with van der Waals surface area (Å²) in [6.45, 7) is 4.75. The molecule has 2 saturated heterocycles. The molecule has 5 nitrogen and oxygen atoms in total. The van der Waals surface area contributed by atoms with Gasteiger partial charge in [0, 0.05) is 31.7 Å². The number of nitrogens with two attached hydrogens (primary N) is 1. The third-order valence-corrected chi connectivity index (χ3v) is 6.40. The molecule has 23 heavy (non-hydrogen) atoms. The number of rotatable bonds is 0. The van der Waals surface area contributed by atoms with Gasteiger partial charge in [0.2, 0.25) is 0 Å². The lowest BCUT2D eigenvalue weighted by Crippen LogP contribution is -2.54. The lowest BCUT2D eigenvalue weighted by Gasteiger charge is -2.44. The highest BCUT2D eigenvalue weighted by atomic mass is 16.2. The molecule has 2 heterocycles. The van der Waals surface area contributed by atoms with Crippen LogP contribution in [-0.4, -0.2) is 53.3 Å². The second-order valence-corrected chi connectivity index (χ2v) is 8.30. The van der Waals surface area contributed by atoms with Gasteiger partial charge in [-0.1, -0.05) is 19.3 Å². The molecule has 0 bridgehead atoms. The molecule has 0 aromatic rings. The predicted octanol–water partition coefficient (Wildman–Crippen LogP) is 1.90. The molecular weight excluding hydrogens is 290 g/mol. The number of amides is 2. The molecule has 0 radical (unpaired) electrons. The number of piperidine rings is 2. The van der Waals surface area contributed by atoms with Gasteiger partial charge in [-0.3, -0.25) is 9.59 Å². The quantitative estimate of drug-likeness (QED) is 0.693. The summed E-state index contributed by atoms with van der Waals surface area (Å²) in [5, 5.41) is 0. The Hall–Kier alpha value is -1.10. The predicted molar refractivity (Wildman–Crippen MR) is 89.7 cm³/mol. The highest BCUT2D eigenvalue weighted by Gasteiger charge is 2.39. The fourth-order valence-corrected chi connectivity index (χ4v) is 4.48. The third kappa shape index (κ3) is 3.70. The molecule has 2 N–H and O–H groups in total. The van der Waals surface area contributed by atoms with Crippen molar-refractivity contribution in [3.63, 3.8) is 0 Å². The van der Waals surface area contributed by atoms with E-state index in [0.29, 0.717) is 18.5 Å². The van der Waals surface area contributed by atoms with E-state index in [-0.39, 0.29) is 17.4 Å². The Kier molecular flexibility index (Phi) is 4.68. The summed E-state index contributed by atoms with van der Waals surface area (Å²) in [6.07, 6.45) is 10.3. The lowest BCUT2D eigenvalue weighted by molar-refractivity contribution is -0.154.